The van der Waals surface area contributed by atoms with Crippen molar-refractivity contribution < 1.29 is 0 Å². The van der Waals surface area contributed by atoms with E-state index in [9.17, 15) is 0 Å². The van der Waals surface area contributed by atoms with E-state index in [0.29, 0.717) is 0 Å². The zero-order valence-corrected chi connectivity index (χ0v) is 15.4. The van der Waals surface area contributed by atoms with Gasteiger partial charge in [0, 0.05) is 39.7 Å². The lowest BCUT2D eigenvalue weighted by molar-refractivity contribution is 0.732. The van der Waals surface area contributed by atoms with E-state index in [1.807, 2.05) is 0 Å². The fraction of sp³-hybridized carbons (Fsp3) is 0.261. The molecule has 0 atom stereocenters. The summed E-state index contributed by atoms with van der Waals surface area (Å²) in [7, 11) is 0. The van der Waals surface area contributed by atoms with Gasteiger partial charge in [0.25, 0.3) is 0 Å². The molecular formula is C23H24N2. The number of nitrogens with zero attached hydrogens (tertiary/aromatic N) is 2. The second kappa shape index (κ2) is 6.03. The summed E-state index contributed by atoms with van der Waals surface area (Å²) in [6, 6.07) is 17.4. The van der Waals surface area contributed by atoms with Gasteiger partial charge in [0.2, 0.25) is 0 Å². The van der Waals surface area contributed by atoms with Crippen LogP contribution in [0.3, 0.4) is 0 Å². The lowest BCUT2D eigenvalue weighted by Gasteiger charge is -2.15. The number of fused-ring (bicyclic) bond motifs is 3. The Bertz CT molecular complexity index is 1030. The third-order valence-corrected chi connectivity index (χ3v) is 5.60. The van der Waals surface area contributed by atoms with Crippen molar-refractivity contribution in [2.45, 2.75) is 40.7 Å². The van der Waals surface area contributed by atoms with Crippen LogP contribution in [-0.4, -0.2) is 9.55 Å². The van der Waals surface area contributed by atoms with Crippen molar-refractivity contribution in [1.82, 2.24) is 9.55 Å². The number of benzene rings is 2. The lowest BCUT2D eigenvalue weighted by Crippen LogP contribution is -2.07. The number of aromatic nitrogens is 2. The van der Waals surface area contributed by atoms with Gasteiger partial charge < -0.3 is 4.57 Å². The molecule has 126 valence electrons. The van der Waals surface area contributed by atoms with Crippen LogP contribution in [0.2, 0.25) is 0 Å². The van der Waals surface area contributed by atoms with Crippen LogP contribution in [-0.2, 0) is 13.0 Å². The van der Waals surface area contributed by atoms with Crippen LogP contribution in [0.4, 0.5) is 0 Å². The average molecular weight is 328 g/mol. The summed E-state index contributed by atoms with van der Waals surface area (Å²) < 4.78 is 2.46. The minimum atomic E-state index is 0.972. The SMILES string of the molecule is Cc1nc(C)c(CCn2c3ccccc3c3ccccc32)c(C)c1C. The van der Waals surface area contributed by atoms with Crippen molar-refractivity contribution >= 4 is 21.8 Å². The number of aryl methyl sites for hydroxylation is 3. The molecule has 2 heterocycles. The zero-order chi connectivity index (χ0) is 17.6. The van der Waals surface area contributed by atoms with E-state index in [4.69, 9.17) is 4.98 Å². The highest BCUT2D eigenvalue weighted by Gasteiger charge is 2.13. The zero-order valence-electron chi connectivity index (χ0n) is 15.4. The van der Waals surface area contributed by atoms with E-state index in [1.54, 1.807) is 0 Å². The maximum atomic E-state index is 4.75. The Balaban J connectivity index is 1.81. The van der Waals surface area contributed by atoms with Crippen LogP contribution in [0.5, 0.6) is 0 Å². The van der Waals surface area contributed by atoms with E-state index < -0.39 is 0 Å². The van der Waals surface area contributed by atoms with Gasteiger partial charge in [-0.15, -0.1) is 0 Å². The molecule has 0 fully saturated rings. The number of hydrogen-bond donors (Lipinski definition) is 0. The first-order chi connectivity index (χ1) is 12.1. The van der Waals surface area contributed by atoms with Crippen molar-refractivity contribution in [3.63, 3.8) is 0 Å². The molecule has 0 unspecified atom stereocenters. The number of pyridine rings is 1. The van der Waals surface area contributed by atoms with E-state index in [0.717, 1.165) is 18.7 Å². The molecule has 0 aliphatic carbocycles. The first kappa shape index (κ1) is 15.9. The third-order valence-electron chi connectivity index (χ3n) is 5.60. The molecule has 0 N–H and O–H groups in total. The molecule has 0 aliphatic heterocycles. The predicted octanol–water partition coefficient (Wildman–Crippen LogP) is 5.67. The monoisotopic (exact) mass is 328 g/mol. The molecule has 4 aromatic rings. The summed E-state index contributed by atoms with van der Waals surface area (Å²) in [5.41, 5.74) is 9.06. The van der Waals surface area contributed by atoms with Crippen molar-refractivity contribution in [2.24, 2.45) is 0 Å². The summed E-state index contributed by atoms with van der Waals surface area (Å²) >= 11 is 0. The van der Waals surface area contributed by atoms with Gasteiger partial charge in [-0.1, -0.05) is 36.4 Å². The lowest BCUT2D eigenvalue weighted by atomic mass is 9.98. The highest BCUT2D eigenvalue weighted by atomic mass is 15.0. The molecule has 0 bridgehead atoms. The van der Waals surface area contributed by atoms with Crippen LogP contribution < -0.4 is 0 Å². The van der Waals surface area contributed by atoms with E-state index >= 15 is 0 Å². The van der Waals surface area contributed by atoms with Gasteiger partial charge in [0.05, 0.1) is 0 Å². The Hall–Kier alpha value is -2.61. The molecular weight excluding hydrogens is 304 g/mol. The van der Waals surface area contributed by atoms with Crippen LogP contribution in [0.15, 0.2) is 48.5 Å². The minimum absolute atomic E-state index is 0.972. The van der Waals surface area contributed by atoms with Gasteiger partial charge in [-0.2, -0.15) is 0 Å². The average Bonchev–Trinajstić information content (AvgIpc) is 2.94. The second-order valence-corrected chi connectivity index (χ2v) is 6.95. The molecule has 2 nitrogen and oxygen atoms in total. The Morgan fingerprint density at radius 2 is 1.28 bits per heavy atom. The molecule has 0 saturated heterocycles. The molecule has 0 amide bonds. The van der Waals surface area contributed by atoms with E-state index in [-0.39, 0.29) is 0 Å². The smallest absolute Gasteiger partial charge is 0.0491 e. The first-order valence-corrected chi connectivity index (χ1v) is 8.97. The molecule has 2 aromatic heterocycles. The van der Waals surface area contributed by atoms with Gasteiger partial charge in [0.1, 0.15) is 0 Å². The van der Waals surface area contributed by atoms with Gasteiger partial charge in [0.15, 0.2) is 0 Å². The summed E-state index contributed by atoms with van der Waals surface area (Å²) in [5.74, 6) is 0. The number of rotatable bonds is 3. The third kappa shape index (κ3) is 2.53. The molecule has 0 saturated carbocycles. The predicted molar refractivity (Wildman–Crippen MR) is 106 cm³/mol. The first-order valence-electron chi connectivity index (χ1n) is 8.97. The van der Waals surface area contributed by atoms with Crippen LogP contribution in [0.25, 0.3) is 21.8 Å². The summed E-state index contributed by atoms with van der Waals surface area (Å²) in [4.78, 5) is 4.75. The standard InChI is InChI=1S/C23H24N2/c1-15-16(2)19(18(4)24-17(15)3)13-14-25-22-11-7-5-9-20(22)21-10-6-8-12-23(21)25/h5-12H,13-14H2,1-4H3. The molecule has 4 rings (SSSR count). The van der Waals surface area contributed by atoms with Gasteiger partial charge in [-0.05, 0) is 62.9 Å². The Kier molecular flexibility index (Phi) is 3.84. The molecule has 0 radical (unpaired) electrons. The normalized spacial score (nSPS) is 11.5. The van der Waals surface area contributed by atoms with Crippen molar-refractivity contribution in [3.05, 3.63) is 76.6 Å². The van der Waals surface area contributed by atoms with Gasteiger partial charge in [-0.3, -0.25) is 4.98 Å². The maximum Gasteiger partial charge on any atom is 0.0491 e. The van der Waals surface area contributed by atoms with Crippen molar-refractivity contribution in [2.75, 3.05) is 0 Å². The molecule has 2 aromatic carbocycles. The molecule has 0 spiro atoms. The topological polar surface area (TPSA) is 17.8 Å². The Morgan fingerprint density at radius 3 is 1.88 bits per heavy atom. The summed E-state index contributed by atoms with van der Waals surface area (Å²) in [6.45, 7) is 9.63. The molecule has 2 heteroatoms. The number of hydrogen-bond acceptors (Lipinski definition) is 1. The minimum Gasteiger partial charge on any atom is -0.340 e. The highest BCUT2D eigenvalue weighted by molar-refractivity contribution is 6.07. The largest absolute Gasteiger partial charge is 0.340 e. The highest BCUT2D eigenvalue weighted by Crippen LogP contribution is 2.29. The quantitative estimate of drug-likeness (QED) is 0.474. The summed E-state index contributed by atoms with van der Waals surface area (Å²) in [6.07, 6.45) is 1.01. The Labute approximate surface area is 149 Å². The molecule has 25 heavy (non-hydrogen) atoms. The maximum absolute atomic E-state index is 4.75. The van der Waals surface area contributed by atoms with Gasteiger partial charge >= 0.3 is 0 Å². The second-order valence-electron chi connectivity index (χ2n) is 6.95. The van der Waals surface area contributed by atoms with E-state index in [1.165, 1.54) is 44.2 Å². The summed E-state index contributed by atoms with van der Waals surface area (Å²) in [5, 5.41) is 2.68. The fourth-order valence-corrected chi connectivity index (χ4v) is 4.01. The fourth-order valence-electron chi connectivity index (χ4n) is 4.01. The van der Waals surface area contributed by atoms with Gasteiger partial charge in [-0.25, -0.2) is 0 Å². The van der Waals surface area contributed by atoms with E-state index in [2.05, 4.69) is 80.8 Å². The number of para-hydroxylation sites is 2. The van der Waals surface area contributed by atoms with Crippen LogP contribution >= 0.6 is 0 Å². The van der Waals surface area contributed by atoms with Crippen molar-refractivity contribution in [3.8, 4) is 0 Å². The van der Waals surface area contributed by atoms with Crippen LogP contribution in [0, 0.1) is 27.7 Å². The Morgan fingerprint density at radius 1 is 0.720 bits per heavy atom. The van der Waals surface area contributed by atoms with Crippen LogP contribution in [0.1, 0.15) is 28.1 Å². The van der Waals surface area contributed by atoms with Crippen molar-refractivity contribution in [1.29, 1.82) is 0 Å². The molecule has 0 aliphatic rings.